The number of nitrogens with two attached hydrogens (primary N) is 1. The van der Waals surface area contributed by atoms with Gasteiger partial charge in [-0.1, -0.05) is 0 Å². The number of carbonyl (C=O) groups excluding carboxylic acids is 1. The van der Waals surface area contributed by atoms with Crippen LogP contribution in [-0.4, -0.2) is 22.4 Å². The Hall–Kier alpha value is -2.18. The quantitative estimate of drug-likeness (QED) is 0.677. The van der Waals surface area contributed by atoms with Gasteiger partial charge in [0.1, 0.15) is 5.65 Å². The molecule has 3 aromatic heterocycles. The minimum atomic E-state index is -0.270. The van der Waals surface area contributed by atoms with Gasteiger partial charge in [0.25, 0.3) is 0 Å². The number of amides is 1. The van der Waals surface area contributed by atoms with Gasteiger partial charge in [0.2, 0.25) is 5.91 Å². The number of pyridine rings is 1. The molecule has 3 rings (SSSR count). The first kappa shape index (κ1) is 14.7. The van der Waals surface area contributed by atoms with Crippen molar-refractivity contribution in [1.29, 1.82) is 0 Å². The second-order valence-corrected chi connectivity index (χ2v) is 6.18. The van der Waals surface area contributed by atoms with Crippen LogP contribution in [0.3, 0.4) is 0 Å². The first-order valence-corrected chi connectivity index (χ1v) is 8.05. The monoisotopic (exact) mass is 314 g/mol. The number of aromatic nitrogens is 2. The Morgan fingerprint density at radius 1 is 1.45 bits per heavy atom. The molecule has 0 saturated heterocycles. The summed E-state index contributed by atoms with van der Waals surface area (Å²) < 4.78 is 0. The number of nitrogens with zero attached hydrogens (tertiary/aromatic N) is 1. The number of thiophene rings is 1. The van der Waals surface area contributed by atoms with Crippen LogP contribution in [0.15, 0.2) is 36.7 Å². The van der Waals surface area contributed by atoms with Gasteiger partial charge in [0, 0.05) is 52.1 Å². The van der Waals surface area contributed by atoms with E-state index in [1.54, 1.807) is 17.5 Å². The summed E-state index contributed by atoms with van der Waals surface area (Å²) in [7, 11) is 0. The maximum atomic E-state index is 11.6. The van der Waals surface area contributed by atoms with Gasteiger partial charge >= 0.3 is 0 Å². The zero-order chi connectivity index (χ0) is 15.5. The molecule has 0 aliphatic rings. The van der Waals surface area contributed by atoms with Crippen molar-refractivity contribution in [3.05, 3.63) is 41.5 Å². The maximum Gasteiger partial charge on any atom is 0.221 e. The lowest BCUT2D eigenvalue weighted by Crippen LogP contribution is -2.26. The van der Waals surface area contributed by atoms with Crippen molar-refractivity contribution in [2.24, 2.45) is 5.73 Å². The van der Waals surface area contributed by atoms with Gasteiger partial charge in [0.05, 0.1) is 0 Å². The van der Waals surface area contributed by atoms with Crippen molar-refractivity contribution >= 4 is 28.3 Å². The molecular weight excluding hydrogens is 296 g/mol. The molecule has 5 nitrogen and oxygen atoms in total. The molecule has 0 fully saturated rings. The van der Waals surface area contributed by atoms with Crippen molar-refractivity contribution in [2.45, 2.75) is 19.4 Å². The summed E-state index contributed by atoms with van der Waals surface area (Å²) >= 11 is 1.62. The number of hydrogen-bond donors (Lipinski definition) is 3. The van der Waals surface area contributed by atoms with E-state index in [-0.39, 0.29) is 11.9 Å². The third kappa shape index (κ3) is 2.88. The predicted octanol–water partition coefficient (Wildman–Crippen LogP) is 2.82. The standard InChI is InChI=1S/C16H18N4OS/c1-2-18-15(21)8-12(17)14-6-5-13(22-14)11-9-20-16-10(11)4-3-7-19-16/h3-7,9,12H,2,8,17H2,1H3,(H,18,21)(H,19,20)/t12-/m1/s1. The molecular formula is C16H18N4OS. The minimum absolute atomic E-state index is 0.0127. The highest BCUT2D eigenvalue weighted by atomic mass is 32.1. The highest BCUT2D eigenvalue weighted by Gasteiger charge is 2.15. The van der Waals surface area contributed by atoms with Gasteiger partial charge in [-0.3, -0.25) is 4.79 Å². The van der Waals surface area contributed by atoms with Crippen LogP contribution in [0.4, 0.5) is 0 Å². The number of aromatic amines is 1. The molecule has 1 atom stereocenters. The lowest BCUT2D eigenvalue weighted by Gasteiger charge is -2.08. The third-order valence-electron chi connectivity index (χ3n) is 3.49. The fourth-order valence-corrected chi connectivity index (χ4v) is 3.47. The molecule has 114 valence electrons. The molecule has 4 N–H and O–H groups in total. The van der Waals surface area contributed by atoms with Gasteiger partial charge in [-0.05, 0) is 31.2 Å². The van der Waals surface area contributed by atoms with Gasteiger partial charge < -0.3 is 16.0 Å². The number of hydrogen-bond acceptors (Lipinski definition) is 4. The summed E-state index contributed by atoms with van der Waals surface area (Å²) in [5, 5.41) is 3.87. The van der Waals surface area contributed by atoms with Crippen molar-refractivity contribution < 1.29 is 4.79 Å². The molecule has 0 aromatic carbocycles. The molecule has 0 unspecified atom stereocenters. The van der Waals surface area contributed by atoms with Crippen LogP contribution >= 0.6 is 11.3 Å². The lowest BCUT2D eigenvalue weighted by molar-refractivity contribution is -0.121. The van der Waals surface area contributed by atoms with E-state index in [0.717, 1.165) is 26.4 Å². The Labute approximate surface area is 132 Å². The largest absolute Gasteiger partial charge is 0.356 e. The molecule has 0 spiro atoms. The van der Waals surface area contributed by atoms with Crippen molar-refractivity contribution in [3.63, 3.8) is 0 Å². The highest BCUT2D eigenvalue weighted by molar-refractivity contribution is 7.15. The third-order valence-corrected chi connectivity index (χ3v) is 4.74. The molecule has 0 radical (unpaired) electrons. The van der Waals surface area contributed by atoms with E-state index in [4.69, 9.17) is 5.73 Å². The second-order valence-electron chi connectivity index (χ2n) is 5.07. The fraction of sp³-hybridized carbons (Fsp3) is 0.250. The van der Waals surface area contributed by atoms with E-state index in [2.05, 4.69) is 15.3 Å². The van der Waals surface area contributed by atoms with E-state index in [1.165, 1.54) is 0 Å². The first-order chi connectivity index (χ1) is 10.7. The predicted molar refractivity (Wildman–Crippen MR) is 89.6 cm³/mol. The summed E-state index contributed by atoms with van der Waals surface area (Å²) in [6, 6.07) is 7.75. The van der Waals surface area contributed by atoms with Gasteiger partial charge in [0.15, 0.2) is 0 Å². The Kier molecular flexibility index (Phi) is 4.22. The lowest BCUT2D eigenvalue weighted by atomic mass is 10.1. The number of carbonyl (C=O) groups is 1. The van der Waals surface area contributed by atoms with E-state index in [9.17, 15) is 4.79 Å². The van der Waals surface area contributed by atoms with Crippen LogP contribution in [0.1, 0.15) is 24.3 Å². The normalized spacial score (nSPS) is 12.5. The molecule has 0 bridgehead atoms. The van der Waals surface area contributed by atoms with Crippen LogP contribution in [0, 0.1) is 0 Å². The van der Waals surface area contributed by atoms with Crippen LogP contribution in [0.2, 0.25) is 0 Å². The van der Waals surface area contributed by atoms with Crippen molar-refractivity contribution in [1.82, 2.24) is 15.3 Å². The molecule has 3 aromatic rings. The Morgan fingerprint density at radius 3 is 3.14 bits per heavy atom. The van der Waals surface area contributed by atoms with Gasteiger partial charge in [-0.15, -0.1) is 11.3 Å². The van der Waals surface area contributed by atoms with Crippen LogP contribution < -0.4 is 11.1 Å². The zero-order valence-corrected chi connectivity index (χ0v) is 13.1. The number of fused-ring (bicyclic) bond motifs is 1. The molecule has 0 saturated carbocycles. The molecule has 3 heterocycles. The van der Waals surface area contributed by atoms with Crippen molar-refractivity contribution in [2.75, 3.05) is 6.54 Å². The average Bonchev–Trinajstić information content (AvgIpc) is 3.14. The minimum Gasteiger partial charge on any atom is -0.356 e. The van der Waals surface area contributed by atoms with Crippen LogP contribution in [0.25, 0.3) is 21.5 Å². The first-order valence-electron chi connectivity index (χ1n) is 7.23. The van der Waals surface area contributed by atoms with Crippen LogP contribution in [-0.2, 0) is 4.79 Å². The maximum absolute atomic E-state index is 11.6. The number of nitrogens with one attached hydrogen (secondary N) is 2. The molecule has 0 aliphatic heterocycles. The van der Waals surface area contributed by atoms with Crippen LogP contribution in [0.5, 0.6) is 0 Å². The smallest absolute Gasteiger partial charge is 0.221 e. The summed E-state index contributed by atoms with van der Waals surface area (Å²) in [6.07, 6.45) is 4.04. The molecule has 22 heavy (non-hydrogen) atoms. The Balaban J connectivity index is 1.83. The van der Waals surface area contributed by atoms with Crippen molar-refractivity contribution in [3.8, 4) is 10.4 Å². The summed E-state index contributed by atoms with van der Waals surface area (Å²) in [6.45, 7) is 2.53. The summed E-state index contributed by atoms with van der Waals surface area (Å²) in [5.74, 6) is -0.0127. The topological polar surface area (TPSA) is 83.8 Å². The summed E-state index contributed by atoms with van der Waals surface area (Å²) in [5.41, 5.74) is 8.12. The molecule has 6 heteroatoms. The highest BCUT2D eigenvalue weighted by Crippen LogP contribution is 2.35. The summed E-state index contributed by atoms with van der Waals surface area (Å²) in [4.78, 5) is 21.3. The molecule has 0 aliphatic carbocycles. The van der Waals surface area contributed by atoms with E-state index in [0.29, 0.717) is 13.0 Å². The zero-order valence-electron chi connectivity index (χ0n) is 12.3. The Bertz CT molecular complexity index is 792. The Morgan fingerprint density at radius 2 is 2.32 bits per heavy atom. The SMILES string of the molecule is CCNC(=O)C[C@@H](N)c1ccc(-c2c[nH]c3ncccc23)s1. The van der Waals surface area contributed by atoms with Gasteiger partial charge in [-0.2, -0.15) is 0 Å². The molecule has 1 amide bonds. The van der Waals surface area contributed by atoms with E-state index >= 15 is 0 Å². The average molecular weight is 314 g/mol. The van der Waals surface area contributed by atoms with E-state index < -0.39 is 0 Å². The van der Waals surface area contributed by atoms with E-state index in [1.807, 2.05) is 37.4 Å². The fourth-order valence-electron chi connectivity index (χ4n) is 2.43. The number of H-pyrrole nitrogens is 1. The van der Waals surface area contributed by atoms with Gasteiger partial charge in [-0.25, -0.2) is 4.98 Å². The second kappa shape index (κ2) is 6.29. The number of rotatable bonds is 5.